The van der Waals surface area contributed by atoms with Crippen LogP contribution in [0.25, 0.3) is 0 Å². The van der Waals surface area contributed by atoms with Crippen molar-refractivity contribution in [2.75, 3.05) is 0 Å². The van der Waals surface area contributed by atoms with Gasteiger partial charge < -0.3 is 4.57 Å². The minimum absolute atomic E-state index is 0.273. The zero-order valence-corrected chi connectivity index (χ0v) is 8.91. The van der Waals surface area contributed by atoms with E-state index in [1.165, 1.54) is 4.57 Å². The summed E-state index contributed by atoms with van der Waals surface area (Å²) in [6.45, 7) is 3.07. The van der Waals surface area contributed by atoms with E-state index in [0.717, 1.165) is 6.54 Å². The highest BCUT2D eigenvalue weighted by atomic mass is 32.1. The Morgan fingerprint density at radius 1 is 1.53 bits per heavy atom. The maximum atomic E-state index is 11.3. The molecule has 2 rings (SSSR count). The highest BCUT2D eigenvalue weighted by Crippen LogP contribution is 1.97. The Labute approximate surface area is 89.8 Å². The van der Waals surface area contributed by atoms with E-state index in [1.807, 2.05) is 11.5 Å². The highest BCUT2D eigenvalue weighted by molar-refractivity contribution is 7.71. The number of aryl methyl sites for hydroxylation is 1. The minimum atomic E-state index is -0.273. The van der Waals surface area contributed by atoms with Crippen LogP contribution >= 0.6 is 12.2 Å². The molecule has 0 saturated carbocycles. The molecule has 0 radical (unpaired) electrons. The van der Waals surface area contributed by atoms with Crippen LogP contribution in [0, 0.1) is 4.77 Å². The van der Waals surface area contributed by atoms with Gasteiger partial charge in [0.05, 0.1) is 6.54 Å². The zero-order chi connectivity index (χ0) is 10.8. The van der Waals surface area contributed by atoms with E-state index in [-0.39, 0.29) is 5.69 Å². The van der Waals surface area contributed by atoms with Gasteiger partial charge in [-0.25, -0.2) is 9.89 Å². The third-order valence-electron chi connectivity index (χ3n) is 2.10. The molecule has 2 heterocycles. The smallest absolute Gasteiger partial charge is 0.316 e. The van der Waals surface area contributed by atoms with Crippen LogP contribution in [0.2, 0.25) is 0 Å². The maximum absolute atomic E-state index is 11.3. The van der Waals surface area contributed by atoms with Crippen LogP contribution in [0.15, 0.2) is 11.1 Å². The zero-order valence-electron chi connectivity index (χ0n) is 8.10. The fourth-order valence-corrected chi connectivity index (χ4v) is 1.48. The summed E-state index contributed by atoms with van der Waals surface area (Å²) in [6, 6.07) is 0. The topological polar surface area (TPSA) is 84.3 Å². The molecule has 7 nitrogen and oxygen atoms in total. The molecule has 80 valence electrons. The van der Waals surface area contributed by atoms with Gasteiger partial charge in [0.25, 0.3) is 0 Å². The second kappa shape index (κ2) is 3.81. The van der Waals surface area contributed by atoms with E-state index in [2.05, 4.69) is 20.4 Å². The molecule has 0 aliphatic heterocycles. The second-order valence-electron chi connectivity index (χ2n) is 2.98. The number of hydrogen-bond acceptors (Lipinski definition) is 4. The highest BCUT2D eigenvalue weighted by Gasteiger charge is 2.06. The summed E-state index contributed by atoms with van der Waals surface area (Å²) in [4.78, 5) is 11.3. The van der Waals surface area contributed by atoms with Gasteiger partial charge in [-0.3, -0.25) is 9.67 Å². The van der Waals surface area contributed by atoms with E-state index in [1.54, 1.807) is 6.33 Å². The summed E-state index contributed by atoms with van der Waals surface area (Å²) in [7, 11) is 0. The van der Waals surface area contributed by atoms with Crippen molar-refractivity contribution in [3.05, 3.63) is 27.4 Å². The minimum Gasteiger partial charge on any atom is -0.316 e. The number of H-pyrrole nitrogens is 2. The molecular formula is C7H10N6OS. The molecule has 0 unspecified atom stereocenters. The number of nitrogens with zero attached hydrogens (tertiary/aromatic N) is 4. The molecule has 0 aliphatic rings. The standard InChI is InChI=1S/C7H10N6OS/c1-2-12-4-8-9-5(12)3-13-6(14)10-11-7(13)15/h4H,2-3H2,1H3,(H,10,14)(H,11,15). The van der Waals surface area contributed by atoms with E-state index in [9.17, 15) is 4.79 Å². The molecule has 0 spiro atoms. The molecule has 8 heteroatoms. The second-order valence-corrected chi connectivity index (χ2v) is 3.37. The van der Waals surface area contributed by atoms with E-state index in [0.29, 0.717) is 17.1 Å². The lowest BCUT2D eigenvalue weighted by atomic mass is 10.5. The molecule has 2 N–H and O–H groups in total. The molecule has 0 aromatic carbocycles. The predicted octanol–water partition coefficient (Wildman–Crippen LogP) is -0.106. The quantitative estimate of drug-likeness (QED) is 0.715. The normalized spacial score (nSPS) is 10.7. The molecule has 0 fully saturated rings. The molecule has 0 aliphatic carbocycles. The average molecular weight is 226 g/mol. The molecule has 15 heavy (non-hydrogen) atoms. The number of nitrogens with one attached hydrogen (secondary N) is 2. The summed E-state index contributed by atoms with van der Waals surface area (Å²) in [5.41, 5.74) is -0.273. The van der Waals surface area contributed by atoms with Crippen LogP contribution in [0.1, 0.15) is 12.7 Å². The van der Waals surface area contributed by atoms with E-state index in [4.69, 9.17) is 12.2 Å². The van der Waals surface area contributed by atoms with Crippen LogP contribution in [0.3, 0.4) is 0 Å². The fraction of sp³-hybridized carbons (Fsp3) is 0.429. The average Bonchev–Trinajstić information content (AvgIpc) is 2.79. The van der Waals surface area contributed by atoms with Gasteiger partial charge in [0, 0.05) is 6.54 Å². The molecule has 2 aromatic rings. The lowest BCUT2D eigenvalue weighted by Crippen LogP contribution is -2.19. The molecule has 0 amide bonds. The van der Waals surface area contributed by atoms with Crippen molar-refractivity contribution in [3.63, 3.8) is 0 Å². The monoisotopic (exact) mass is 226 g/mol. The lowest BCUT2D eigenvalue weighted by Gasteiger charge is -2.02. The Morgan fingerprint density at radius 3 is 2.93 bits per heavy atom. The first kappa shape index (κ1) is 9.84. The Bertz CT molecular complexity index is 533. The van der Waals surface area contributed by atoms with E-state index < -0.39 is 0 Å². The largest absolute Gasteiger partial charge is 0.342 e. The van der Waals surface area contributed by atoms with Crippen molar-refractivity contribution in [1.29, 1.82) is 0 Å². The number of aromatic nitrogens is 6. The van der Waals surface area contributed by atoms with Crippen molar-refractivity contribution in [2.45, 2.75) is 20.0 Å². The van der Waals surface area contributed by atoms with E-state index >= 15 is 0 Å². The summed E-state index contributed by atoms with van der Waals surface area (Å²) in [5.74, 6) is 0.707. The van der Waals surface area contributed by atoms with Crippen molar-refractivity contribution in [2.24, 2.45) is 0 Å². The number of hydrogen-bond donors (Lipinski definition) is 2. The first-order chi connectivity index (χ1) is 7.22. The summed E-state index contributed by atoms with van der Waals surface area (Å²) in [6.07, 6.45) is 1.62. The number of aromatic amines is 2. The van der Waals surface area contributed by atoms with Crippen molar-refractivity contribution >= 4 is 12.2 Å². The van der Waals surface area contributed by atoms with Crippen LogP contribution in [-0.2, 0) is 13.1 Å². The predicted molar refractivity (Wildman–Crippen MR) is 55.0 cm³/mol. The van der Waals surface area contributed by atoms with Crippen LogP contribution in [0.5, 0.6) is 0 Å². The van der Waals surface area contributed by atoms with Gasteiger partial charge >= 0.3 is 5.69 Å². The Balaban J connectivity index is 2.37. The summed E-state index contributed by atoms with van der Waals surface area (Å²) in [5, 5.41) is 12.7. The Morgan fingerprint density at radius 2 is 2.33 bits per heavy atom. The van der Waals surface area contributed by atoms with Crippen LogP contribution in [-0.4, -0.2) is 29.5 Å². The van der Waals surface area contributed by atoms with Gasteiger partial charge in [-0.05, 0) is 19.1 Å². The molecular weight excluding hydrogens is 216 g/mol. The third kappa shape index (κ3) is 1.75. The SMILES string of the molecule is CCn1cnnc1Cn1c(=O)[nH][nH]c1=S. The summed E-state index contributed by atoms with van der Waals surface area (Å²) < 4.78 is 3.60. The molecule has 0 bridgehead atoms. The third-order valence-corrected chi connectivity index (χ3v) is 2.43. The van der Waals surface area contributed by atoms with Crippen LogP contribution in [0.4, 0.5) is 0 Å². The van der Waals surface area contributed by atoms with Gasteiger partial charge in [-0.15, -0.1) is 10.2 Å². The molecule has 0 saturated heterocycles. The Kier molecular flexibility index (Phi) is 2.50. The fourth-order valence-electron chi connectivity index (χ4n) is 1.28. The van der Waals surface area contributed by atoms with Gasteiger partial charge in [-0.1, -0.05) is 0 Å². The molecule has 0 atom stereocenters. The molecule has 2 aromatic heterocycles. The van der Waals surface area contributed by atoms with Crippen molar-refractivity contribution in [3.8, 4) is 0 Å². The number of rotatable bonds is 3. The van der Waals surface area contributed by atoms with Crippen molar-refractivity contribution < 1.29 is 0 Å². The van der Waals surface area contributed by atoms with Crippen molar-refractivity contribution in [1.82, 2.24) is 29.5 Å². The first-order valence-electron chi connectivity index (χ1n) is 4.46. The van der Waals surface area contributed by atoms with Gasteiger partial charge in [0.1, 0.15) is 6.33 Å². The van der Waals surface area contributed by atoms with Gasteiger partial charge in [0.15, 0.2) is 10.6 Å². The van der Waals surface area contributed by atoms with Gasteiger partial charge in [-0.2, -0.15) is 0 Å². The Hall–Kier alpha value is -1.70. The first-order valence-corrected chi connectivity index (χ1v) is 4.87. The lowest BCUT2D eigenvalue weighted by molar-refractivity contribution is 0.635. The van der Waals surface area contributed by atoms with Crippen LogP contribution < -0.4 is 5.69 Å². The summed E-state index contributed by atoms with van der Waals surface area (Å²) >= 11 is 4.94. The van der Waals surface area contributed by atoms with Gasteiger partial charge in [0.2, 0.25) is 0 Å². The maximum Gasteiger partial charge on any atom is 0.342 e.